The van der Waals surface area contributed by atoms with E-state index in [1.54, 1.807) is 0 Å². The van der Waals surface area contributed by atoms with Crippen LogP contribution in [0, 0.1) is 5.92 Å². The Morgan fingerprint density at radius 2 is 2.15 bits per heavy atom. The molecule has 1 aromatic rings. The molecule has 1 fully saturated rings. The molecule has 1 aliphatic rings. The molecule has 1 amide bonds. The highest BCUT2D eigenvalue weighted by molar-refractivity contribution is 5.85. The number of nitrogens with zero attached hydrogens (tertiary/aromatic N) is 1. The molecule has 0 aliphatic carbocycles. The van der Waals surface area contributed by atoms with E-state index in [4.69, 9.17) is 4.74 Å². The number of hydrogen-bond donors (Lipinski definition) is 1. The summed E-state index contributed by atoms with van der Waals surface area (Å²) in [5, 5.41) is 3.29. The minimum Gasteiger partial charge on any atom is -0.493 e. The predicted molar refractivity (Wildman–Crippen MR) is 82.4 cm³/mol. The van der Waals surface area contributed by atoms with Gasteiger partial charge in [0, 0.05) is 25.7 Å². The number of rotatable bonds is 4. The number of halogens is 1. The van der Waals surface area contributed by atoms with Crippen LogP contribution in [0.5, 0.6) is 5.75 Å². The quantitative estimate of drug-likeness (QED) is 0.924. The molecule has 1 unspecified atom stereocenters. The van der Waals surface area contributed by atoms with E-state index in [0.29, 0.717) is 6.61 Å². The number of carbonyl (C=O) groups is 1. The molecule has 0 radical (unpaired) electrons. The average molecular weight is 299 g/mol. The number of ether oxygens (including phenoxy) is 1. The van der Waals surface area contributed by atoms with Gasteiger partial charge in [-0.25, -0.2) is 0 Å². The van der Waals surface area contributed by atoms with Crippen molar-refractivity contribution >= 4 is 18.3 Å². The van der Waals surface area contributed by atoms with Crippen molar-refractivity contribution in [2.45, 2.75) is 19.9 Å². The fraction of sp³-hybridized carbons (Fsp3) is 0.533. The standard InChI is InChI=1S/C15H22N2O2.ClH/c1-12(11-19-14-6-4-3-5-7-14)15(18)17-9-8-16-10-13(17)2;/h3-7,12-13,16H,8-11H2,1-2H3;1H/t12?,13-;/m0./s1. The molecule has 0 bridgehead atoms. The van der Waals surface area contributed by atoms with Gasteiger partial charge in [-0.15, -0.1) is 12.4 Å². The van der Waals surface area contributed by atoms with Crippen molar-refractivity contribution in [3.05, 3.63) is 30.3 Å². The van der Waals surface area contributed by atoms with Crippen molar-refractivity contribution in [1.82, 2.24) is 10.2 Å². The number of benzene rings is 1. The van der Waals surface area contributed by atoms with Crippen LogP contribution < -0.4 is 10.1 Å². The molecule has 1 heterocycles. The Morgan fingerprint density at radius 1 is 1.45 bits per heavy atom. The van der Waals surface area contributed by atoms with Crippen LogP contribution in [0.1, 0.15) is 13.8 Å². The maximum atomic E-state index is 12.3. The maximum Gasteiger partial charge on any atom is 0.229 e. The van der Waals surface area contributed by atoms with Gasteiger partial charge in [0.2, 0.25) is 5.91 Å². The van der Waals surface area contributed by atoms with E-state index >= 15 is 0 Å². The zero-order valence-electron chi connectivity index (χ0n) is 12.0. The molecule has 20 heavy (non-hydrogen) atoms. The first-order chi connectivity index (χ1) is 9.18. The Hall–Kier alpha value is -1.26. The number of piperazine rings is 1. The molecule has 1 N–H and O–H groups in total. The fourth-order valence-electron chi connectivity index (χ4n) is 2.26. The van der Waals surface area contributed by atoms with Gasteiger partial charge in [-0.1, -0.05) is 25.1 Å². The number of para-hydroxylation sites is 1. The molecule has 2 rings (SSSR count). The van der Waals surface area contributed by atoms with Gasteiger partial charge in [0.25, 0.3) is 0 Å². The third-order valence-electron chi connectivity index (χ3n) is 3.45. The van der Waals surface area contributed by atoms with Crippen LogP contribution in [0.3, 0.4) is 0 Å². The Balaban J connectivity index is 0.00000200. The summed E-state index contributed by atoms with van der Waals surface area (Å²) >= 11 is 0. The highest BCUT2D eigenvalue weighted by atomic mass is 35.5. The molecule has 2 atom stereocenters. The summed E-state index contributed by atoms with van der Waals surface area (Å²) in [4.78, 5) is 14.3. The molecule has 1 aliphatic heterocycles. The van der Waals surface area contributed by atoms with Crippen molar-refractivity contribution in [2.24, 2.45) is 5.92 Å². The first kappa shape index (κ1) is 16.8. The molecule has 0 aromatic heterocycles. The number of nitrogens with one attached hydrogen (secondary N) is 1. The van der Waals surface area contributed by atoms with Crippen LogP contribution in [0.2, 0.25) is 0 Å². The van der Waals surface area contributed by atoms with Crippen LogP contribution in [0.15, 0.2) is 30.3 Å². The van der Waals surface area contributed by atoms with E-state index in [0.717, 1.165) is 25.4 Å². The summed E-state index contributed by atoms with van der Waals surface area (Å²) in [5.41, 5.74) is 0. The van der Waals surface area contributed by atoms with Crippen molar-refractivity contribution in [3.8, 4) is 5.75 Å². The fourth-order valence-corrected chi connectivity index (χ4v) is 2.26. The molecule has 5 heteroatoms. The van der Waals surface area contributed by atoms with Crippen LogP contribution in [-0.2, 0) is 4.79 Å². The van der Waals surface area contributed by atoms with E-state index in [2.05, 4.69) is 12.2 Å². The third kappa shape index (κ3) is 4.39. The van der Waals surface area contributed by atoms with Gasteiger partial charge < -0.3 is 15.0 Å². The van der Waals surface area contributed by atoms with Crippen molar-refractivity contribution in [1.29, 1.82) is 0 Å². The topological polar surface area (TPSA) is 41.6 Å². The molecular weight excluding hydrogens is 276 g/mol. The van der Waals surface area contributed by atoms with Gasteiger partial charge in [-0.3, -0.25) is 4.79 Å². The van der Waals surface area contributed by atoms with Gasteiger partial charge in [-0.2, -0.15) is 0 Å². The van der Waals surface area contributed by atoms with Crippen molar-refractivity contribution < 1.29 is 9.53 Å². The van der Waals surface area contributed by atoms with Gasteiger partial charge in [0.15, 0.2) is 0 Å². The Bertz CT molecular complexity index is 414. The van der Waals surface area contributed by atoms with Gasteiger partial charge in [0.05, 0.1) is 12.5 Å². The normalized spacial score (nSPS) is 19.9. The second-order valence-corrected chi connectivity index (χ2v) is 5.11. The Morgan fingerprint density at radius 3 is 2.80 bits per heavy atom. The molecular formula is C15H23ClN2O2. The lowest BCUT2D eigenvalue weighted by Crippen LogP contribution is -2.54. The first-order valence-electron chi connectivity index (χ1n) is 6.87. The Kier molecular flexibility index (Phi) is 6.82. The van der Waals surface area contributed by atoms with Crippen LogP contribution >= 0.6 is 12.4 Å². The van der Waals surface area contributed by atoms with E-state index < -0.39 is 0 Å². The number of carbonyl (C=O) groups excluding carboxylic acids is 1. The summed E-state index contributed by atoms with van der Waals surface area (Å²) in [5.74, 6) is 0.890. The highest BCUT2D eigenvalue weighted by Crippen LogP contribution is 2.13. The minimum atomic E-state index is -0.110. The van der Waals surface area contributed by atoms with E-state index in [-0.39, 0.29) is 30.3 Å². The second-order valence-electron chi connectivity index (χ2n) is 5.11. The van der Waals surface area contributed by atoms with Crippen molar-refractivity contribution in [3.63, 3.8) is 0 Å². The lowest BCUT2D eigenvalue weighted by atomic mass is 10.1. The van der Waals surface area contributed by atoms with Gasteiger partial charge in [-0.05, 0) is 19.1 Å². The van der Waals surface area contributed by atoms with Crippen molar-refractivity contribution in [2.75, 3.05) is 26.2 Å². The van der Waals surface area contributed by atoms with E-state index in [1.807, 2.05) is 42.2 Å². The monoisotopic (exact) mass is 298 g/mol. The predicted octanol–water partition coefficient (Wildman–Crippen LogP) is 1.94. The molecule has 112 valence electrons. The van der Waals surface area contributed by atoms with Gasteiger partial charge >= 0.3 is 0 Å². The summed E-state index contributed by atoms with van der Waals surface area (Å²) in [6, 6.07) is 9.89. The maximum absolute atomic E-state index is 12.3. The zero-order valence-corrected chi connectivity index (χ0v) is 12.9. The highest BCUT2D eigenvalue weighted by Gasteiger charge is 2.27. The minimum absolute atomic E-state index is 0. The van der Waals surface area contributed by atoms with E-state index in [9.17, 15) is 4.79 Å². The van der Waals surface area contributed by atoms with Crippen LogP contribution in [-0.4, -0.2) is 43.1 Å². The van der Waals surface area contributed by atoms with Crippen LogP contribution in [0.4, 0.5) is 0 Å². The first-order valence-corrected chi connectivity index (χ1v) is 6.87. The lowest BCUT2D eigenvalue weighted by molar-refractivity contribution is -0.138. The summed E-state index contributed by atoms with van der Waals surface area (Å²) in [6.45, 7) is 6.98. The lowest BCUT2D eigenvalue weighted by Gasteiger charge is -2.35. The summed E-state index contributed by atoms with van der Waals surface area (Å²) < 4.78 is 5.65. The molecule has 1 aromatic carbocycles. The smallest absolute Gasteiger partial charge is 0.229 e. The third-order valence-corrected chi connectivity index (χ3v) is 3.45. The largest absolute Gasteiger partial charge is 0.493 e. The van der Waals surface area contributed by atoms with E-state index in [1.165, 1.54) is 0 Å². The average Bonchev–Trinajstić information content (AvgIpc) is 2.45. The van der Waals surface area contributed by atoms with Gasteiger partial charge in [0.1, 0.15) is 5.75 Å². The summed E-state index contributed by atoms with van der Waals surface area (Å²) in [7, 11) is 0. The molecule has 0 saturated carbocycles. The molecule has 0 spiro atoms. The SMILES string of the molecule is CC(COc1ccccc1)C(=O)N1CCNC[C@@H]1C.Cl. The number of hydrogen-bond acceptors (Lipinski definition) is 3. The van der Waals surface area contributed by atoms with Crippen LogP contribution in [0.25, 0.3) is 0 Å². The molecule has 4 nitrogen and oxygen atoms in total. The number of amides is 1. The molecule has 1 saturated heterocycles. The Labute approximate surface area is 126 Å². The second kappa shape index (κ2) is 8.12. The zero-order chi connectivity index (χ0) is 13.7. The summed E-state index contributed by atoms with van der Waals surface area (Å²) in [6.07, 6.45) is 0.